The Morgan fingerprint density at radius 3 is 2.71 bits per heavy atom. The number of likely N-dealkylation sites (tertiary alicyclic amines) is 1. The maximum atomic E-state index is 14.1. The molecule has 1 aliphatic carbocycles. The molecule has 2 aromatic heterocycles. The fourth-order valence-corrected chi connectivity index (χ4v) is 4.34. The van der Waals surface area contributed by atoms with Gasteiger partial charge in [-0.2, -0.15) is 0 Å². The SMILES string of the molecule is CCCC(=O)N1C[C@@H]2C(N(C)c3nc(-c4ccncc4F)cc(=O)n3C)[C@@H]2C1. The topological polar surface area (TPSA) is 71.3 Å². The highest BCUT2D eigenvalue weighted by atomic mass is 19.1. The molecule has 7 nitrogen and oxygen atoms in total. The van der Waals surface area contributed by atoms with E-state index in [4.69, 9.17) is 0 Å². The zero-order chi connectivity index (χ0) is 20.0. The molecule has 0 spiro atoms. The van der Waals surface area contributed by atoms with E-state index in [1.54, 1.807) is 7.05 Å². The molecule has 2 fully saturated rings. The number of piperidine rings is 1. The number of carbonyl (C=O) groups excluding carboxylic acids is 1. The first kappa shape index (κ1) is 18.6. The second-order valence-electron chi connectivity index (χ2n) is 7.67. The predicted octanol–water partition coefficient (Wildman–Crippen LogP) is 1.67. The van der Waals surface area contributed by atoms with Gasteiger partial charge in [0, 0.05) is 69.3 Å². The largest absolute Gasteiger partial charge is 0.342 e. The van der Waals surface area contributed by atoms with Gasteiger partial charge in [0.1, 0.15) is 0 Å². The highest BCUT2D eigenvalue weighted by Gasteiger charge is 2.59. The molecule has 1 saturated heterocycles. The van der Waals surface area contributed by atoms with Crippen molar-refractivity contribution in [1.29, 1.82) is 0 Å². The van der Waals surface area contributed by atoms with Gasteiger partial charge in [-0.25, -0.2) is 9.37 Å². The number of hydrogen-bond acceptors (Lipinski definition) is 5. The maximum absolute atomic E-state index is 14.1. The van der Waals surface area contributed by atoms with Crippen LogP contribution in [-0.2, 0) is 11.8 Å². The number of rotatable bonds is 5. The number of aromatic nitrogens is 3. The number of pyridine rings is 1. The molecule has 2 aliphatic rings. The predicted molar refractivity (Wildman–Crippen MR) is 103 cm³/mol. The third-order valence-electron chi connectivity index (χ3n) is 5.89. The average Bonchev–Trinajstić information content (AvgIpc) is 3.17. The molecule has 8 heteroatoms. The minimum absolute atomic E-state index is 0.219. The van der Waals surface area contributed by atoms with Gasteiger partial charge >= 0.3 is 0 Å². The van der Waals surface area contributed by atoms with Crippen molar-refractivity contribution in [3.05, 3.63) is 40.7 Å². The maximum Gasteiger partial charge on any atom is 0.255 e. The summed E-state index contributed by atoms with van der Waals surface area (Å²) in [6.07, 6.45) is 4.05. The number of halogens is 1. The molecule has 0 radical (unpaired) electrons. The molecule has 28 heavy (non-hydrogen) atoms. The van der Waals surface area contributed by atoms with Gasteiger partial charge in [-0.05, 0) is 12.5 Å². The first-order chi connectivity index (χ1) is 13.4. The Morgan fingerprint density at radius 2 is 2.07 bits per heavy atom. The second-order valence-corrected chi connectivity index (χ2v) is 7.67. The van der Waals surface area contributed by atoms with Gasteiger partial charge in [-0.1, -0.05) is 6.92 Å². The average molecular weight is 385 g/mol. The monoisotopic (exact) mass is 385 g/mol. The smallest absolute Gasteiger partial charge is 0.255 e. The Kier molecular flexibility index (Phi) is 4.64. The van der Waals surface area contributed by atoms with E-state index in [0.29, 0.717) is 29.9 Å². The molecule has 3 atom stereocenters. The third kappa shape index (κ3) is 3.06. The molecule has 0 aromatic carbocycles. The zero-order valence-corrected chi connectivity index (χ0v) is 16.3. The first-order valence-corrected chi connectivity index (χ1v) is 9.61. The zero-order valence-electron chi connectivity index (χ0n) is 16.3. The lowest BCUT2D eigenvalue weighted by Crippen LogP contribution is -2.38. The lowest BCUT2D eigenvalue weighted by Gasteiger charge is -2.26. The van der Waals surface area contributed by atoms with Crippen molar-refractivity contribution in [3.63, 3.8) is 0 Å². The minimum Gasteiger partial charge on any atom is -0.342 e. The third-order valence-corrected chi connectivity index (χ3v) is 5.89. The highest BCUT2D eigenvalue weighted by molar-refractivity contribution is 5.77. The van der Waals surface area contributed by atoms with Crippen molar-refractivity contribution >= 4 is 11.9 Å². The van der Waals surface area contributed by atoms with Crippen molar-refractivity contribution in [2.75, 3.05) is 25.0 Å². The first-order valence-electron chi connectivity index (χ1n) is 9.61. The molecule has 0 bridgehead atoms. The van der Waals surface area contributed by atoms with Crippen molar-refractivity contribution in [3.8, 4) is 11.3 Å². The van der Waals surface area contributed by atoms with Gasteiger partial charge in [-0.15, -0.1) is 0 Å². The van der Waals surface area contributed by atoms with Crippen LogP contribution in [0, 0.1) is 17.7 Å². The molecule has 0 N–H and O–H groups in total. The fraction of sp³-hybridized carbons (Fsp3) is 0.500. The summed E-state index contributed by atoms with van der Waals surface area (Å²) < 4.78 is 15.6. The molecular weight excluding hydrogens is 361 g/mol. The number of anilines is 1. The summed E-state index contributed by atoms with van der Waals surface area (Å²) in [4.78, 5) is 36.8. The van der Waals surface area contributed by atoms with Crippen LogP contribution in [-0.4, -0.2) is 51.5 Å². The van der Waals surface area contributed by atoms with E-state index in [1.165, 1.54) is 22.9 Å². The molecule has 4 rings (SSSR count). The summed E-state index contributed by atoms with van der Waals surface area (Å²) in [5.74, 6) is 1.000. The van der Waals surface area contributed by atoms with Crippen LogP contribution in [0.2, 0.25) is 0 Å². The number of carbonyl (C=O) groups is 1. The summed E-state index contributed by atoms with van der Waals surface area (Å²) >= 11 is 0. The second kappa shape index (κ2) is 7.00. The summed E-state index contributed by atoms with van der Waals surface area (Å²) in [5, 5.41) is 0. The van der Waals surface area contributed by atoms with Crippen molar-refractivity contribution < 1.29 is 9.18 Å². The van der Waals surface area contributed by atoms with Gasteiger partial charge in [0.2, 0.25) is 11.9 Å². The van der Waals surface area contributed by atoms with E-state index in [0.717, 1.165) is 25.7 Å². The minimum atomic E-state index is -0.509. The number of fused-ring (bicyclic) bond motifs is 1. The lowest BCUT2D eigenvalue weighted by atomic mass is 10.2. The standard InChI is InChI=1S/C20H24FN5O2/c1-4-5-17(27)26-10-13-14(11-26)19(13)25(3)20-23-16(8-18(28)24(20)2)12-6-7-22-9-15(12)21/h6-9,13-14,19H,4-5,10-11H2,1-3H3/t13-,14+,19?. The van der Waals surface area contributed by atoms with Gasteiger partial charge in [0.05, 0.1) is 11.9 Å². The number of nitrogens with zero attached hydrogens (tertiary/aromatic N) is 5. The van der Waals surface area contributed by atoms with E-state index in [1.807, 2.05) is 23.8 Å². The van der Waals surface area contributed by atoms with Gasteiger partial charge in [-0.3, -0.25) is 19.1 Å². The van der Waals surface area contributed by atoms with Crippen LogP contribution in [0.15, 0.2) is 29.3 Å². The number of amides is 1. The van der Waals surface area contributed by atoms with Crippen LogP contribution in [0.5, 0.6) is 0 Å². The lowest BCUT2D eigenvalue weighted by molar-refractivity contribution is -0.130. The molecule has 1 amide bonds. The van der Waals surface area contributed by atoms with Crippen molar-refractivity contribution in [1.82, 2.24) is 19.4 Å². The molecule has 3 heterocycles. The Labute approximate surface area is 162 Å². The summed E-state index contributed by atoms with van der Waals surface area (Å²) in [5.41, 5.74) is 0.318. The van der Waals surface area contributed by atoms with Crippen molar-refractivity contribution in [2.45, 2.75) is 25.8 Å². The molecule has 148 valence electrons. The van der Waals surface area contributed by atoms with E-state index >= 15 is 0 Å². The van der Waals surface area contributed by atoms with Crippen LogP contribution in [0.25, 0.3) is 11.3 Å². The van der Waals surface area contributed by atoms with E-state index in [9.17, 15) is 14.0 Å². The van der Waals surface area contributed by atoms with Crippen LogP contribution < -0.4 is 10.5 Å². The Morgan fingerprint density at radius 1 is 1.36 bits per heavy atom. The molecule has 1 saturated carbocycles. The van der Waals surface area contributed by atoms with Crippen LogP contribution in [0.3, 0.4) is 0 Å². The van der Waals surface area contributed by atoms with Crippen molar-refractivity contribution in [2.24, 2.45) is 18.9 Å². The molecule has 2 aromatic rings. The normalized spacial score (nSPS) is 22.9. The Bertz CT molecular complexity index is 963. The van der Waals surface area contributed by atoms with E-state index < -0.39 is 5.82 Å². The van der Waals surface area contributed by atoms with Gasteiger partial charge < -0.3 is 9.80 Å². The Balaban J connectivity index is 1.57. The fourth-order valence-electron chi connectivity index (χ4n) is 4.34. The summed E-state index contributed by atoms with van der Waals surface area (Å²) in [7, 11) is 3.58. The van der Waals surface area contributed by atoms with E-state index in [2.05, 4.69) is 9.97 Å². The van der Waals surface area contributed by atoms with E-state index in [-0.39, 0.29) is 23.1 Å². The van der Waals surface area contributed by atoms with Crippen LogP contribution >= 0.6 is 0 Å². The summed E-state index contributed by atoms with van der Waals surface area (Å²) in [6.45, 7) is 3.52. The molecular formula is C20H24FN5O2. The molecule has 1 aliphatic heterocycles. The van der Waals surface area contributed by atoms with Gasteiger partial charge in [0.15, 0.2) is 5.82 Å². The summed E-state index contributed by atoms with van der Waals surface area (Å²) in [6, 6.07) is 3.10. The number of hydrogen-bond donors (Lipinski definition) is 0. The Hall–Kier alpha value is -2.77. The highest BCUT2D eigenvalue weighted by Crippen LogP contribution is 2.49. The quantitative estimate of drug-likeness (QED) is 0.783. The molecule has 1 unspecified atom stereocenters. The van der Waals surface area contributed by atoms with Crippen LogP contribution in [0.1, 0.15) is 19.8 Å². The van der Waals surface area contributed by atoms with Crippen LogP contribution in [0.4, 0.5) is 10.3 Å². The van der Waals surface area contributed by atoms with Gasteiger partial charge in [0.25, 0.3) is 5.56 Å².